The van der Waals surface area contributed by atoms with E-state index < -0.39 is 0 Å². The second kappa shape index (κ2) is 9.22. The predicted molar refractivity (Wildman–Crippen MR) is 187 cm³/mol. The van der Waals surface area contributed by atoms with E-state index in [-0.39, 0.29) is 0 Å². The molecule has 45 heavy (non-hydrogen) atoms. The lowest BCUT2D eigenvalue weighted by molar-refractivity contribution is 1.17. The van der Waals surface area contributed by atoms with Crippen LogP contribution in [0.1, 0.15) is 0 Å². The summed E-state index contributed by atoms with van der Waals surface area (Å²) in [6, 6.07) is 54.2. The third kappa shape index (κ3) is 3.46. The lowest BCUT2D eigenvalue weighted by atomic mass is 9.93. The minimum absolute atomic E-state index is 0.721. The van der Waals surface area contributed by atoms with Gasteiger partial charge in [0.25, 0.3) is 0 Å². The quantitative estimate of drug-likeness (QED) is 0.211. The van der Waals surface area contributed by atoms with E-state index in [2.05, 4.69) is 144 Å². The van der Waals surface area contributed by atoms with Crippen molar-refractivity contribution in [2.75, 3.05) is 0 Å². The van der Waals surface area contributed by atoms with Crippen molar-refractivity contribution in [3.05, 3.63) is 152 Å². The predicted octanol–water partition coefficient (Wildman–Crippen LogP) is 10.9. The second-order valence-electron chi connectivity index (χ2n) is 11.8. The van der Waals surface area contributed by atoms with Crippen molar-refractivity contribution in [3.63, 3.8) is 0 Å². The van der Waals surface area contributed by atoms with E-state index in [0.29, 0.717) is 0 Å². The van der Waals surface area contributed by atoms with E-state index in [1.54, 1.807) is 0 Å². The van der Waals surface area contributed by atoms with Gasteiger partial charge in [-0.15, -0.1) is 0 Å². The Bertz CT molecular complexity index is 2650. The molecule has 0 N–H and O–H groups in total. The minimum atomic E-state index is 0.721. The number of nitrogens with zero attached hydrogens (tertiary/aromatic N) is 3. The number of hydrogen-bond donors (Lipinski definition) is 0. The number of rotatable bonds is 3. The van der Waals surface area contributed by atoms with Gasteiger partial charge in [0.05, 0.1) is 22.2 Å². The van der Waals surface area contributed by atoms with Gasteiger partial charge in [0, 0.05) is 33.0 Å². The maximum Gasteiger partial charge on any atom is 0.160 e. The molecule has 3 heteroatoms. The van der Waals surface area contributed by atoms with Crippen LogP contribution in [0, 0.1) is 0 Å². The number of benzene rings is 7. The molecule has 0 radical (unpaired) electrons. The summed E-state index contributed by atoms with van der Waals surface area (Å²) >= 11 is 0. The molecule has 1 aliphatic carbocycles. The Morgan fingerprint density at radius 2 is 1.09 bits per heavy atom. The molecule has 0 bridgehead atoms. The summed E-state index contributed by atoms with van der Waals surface area (Å²) < 4.78 is 2.42. The topological polar surface area (TPSA) is 30.7 Å². The van der Waals surface area contributed by atoms with Gasteiger partial charge in [-0.25, -0.2) is 9.97 Å². The lowest BCUT2D eigenvalue weighted by Gasteiger charge is -2.14. The highest BCUT2D eigenvalue weighted by Gasteiger charge is 2.24. The highest BCUT2D eigenvalue weighted by atomic mass is 15.0. The average molecular weight is 572 g/mol. The third-order valence-corrected chi connectivity index (χ3v) is 9.32. The summed E-state index contributed by atoms with van der Waals surface area (Å²) in [4.78, 5) is 10.2. The molecule has 0 unspecified atom stereocenters. The number of hydrogen-bond acceptors (Lipinski definition) is 2. The molecule has 208 valence electrons. The SMILES string of the molecule is c1ccc(-c2nc(-c3cccc(-n4c5cccc6c5c5c7c(cccc7ccc54)-c4ccccc4-6)c3)nc3ccccc23)cc1. The zero-order valence-corrected chi connectivity index (χ0v) is 24.3. The van der Waals surface area contributed by atoms with Crippen LogP contribution < -0.4 is 0 Å². The van der Waals surface area contributed by atoms with Crippen LogP contribution in [0.5, 0.6) is 0 Å². The van der Waals surface area contributed by atoms with Crippen molar-refractivity contribution >= 4 is 43.5 Å². The minimum Gasteiger partial charge on any atom is -0.309 e. The summed E-state index contributed by atoms with van der Waals surface area (Å²) in [5.74, 6) is 0.721. The largest absolute Gasteiger partial charge is 0.309 e. The molecular weight excluding hydrogens is 546 g/mol. The fourth-order valence-electron chi connectivity index (χ4n) is 7.41. The zero-order chi connectivity index (χ0) is 29.5. The Labute approximate surface area is 259 Å². The van der Waals surface area contributed by atoms with Gasteiger partial charge in [-0.05, 0) is 63.4 Å². The van der Waals surface area contributed by atoms with Gasteiger partial charge in [0.1, 0.15) is 0 Å². The van der Waals surface area contributed by atoms with Gasteiger partial charge in [0.15, 0.2) is 5.82 Å². The Morgan fingerprint density at radius 3 is 1.96 bits per heavy atom. The molecule has 0 atom stereocenters. The zero-order valence-electron chi connectivity index (χ0n) is 24.3. The first-order valence-corrected chi connectivity index (χ1v) is 15.4. The van der Waals surface area contributed by atoms with Crippen LogP contribution in [-0.2, 0) is 0 Å². The molecule has 10 rings (SSSR count). The molecule has 0 fully saturated rings. The van der Waals surface area contributed by atoms with Crippen molar-refractivity contribution in [3.8, 4) is 50.6 Å². The molecule has 0 aliphatic heterocycles. The maximum atomic E-state index is 5.17. The average Bonchev–Trinajstić information content (AvgIpc) is 3.39. The molecule has 9 aromatic rings. The lowest BCUT2D eigenvalue weighted by Crippen LogP contribution is -1.98. The maximum absolute atomic E-state index is 5.17. The van der Waals surface area contributed by atoms with Gasteiger partial charge >= 0.3 is 0 Å². The molecule has 0 spiro atoms. The molecule has 2 heterocycles. The molecule has 0 amide bonds. The summed E-state index contributed by atoms with van der Waals surface area (Å²) in [7, 11) is 0. The first-order valence-electron chi connectivity index (χ1n) is 15.4. The van der Waals surface area contributed by atoms with Crippen LogP contribution in [-0.4, -0.2) is 14.5 Å². The summed E-state index contributed by atoms with van der Waals surface area (Å²) in [5, 5.41) is 6.24. The highest BCUT2D eigenvalue weighted by molar-refractivity contribution is 6.30. The molecule has 0 saturated heterocycles. The fraction of sp³-hybridized carbons (Fsp3) is 0. The van der Waals surface area contributed by atoms with Gasteiger partial charge in [-0.2, -0.15) is 0 Å². The Morgan fingerprint density at radius 1 is 0.422 bits per heavy atom. The molecule has 3 nitrogen and oxygen atoms in total. The van der Waals surface area contributed by atoms with Crippen LogP contribution in [0.15, 0.2) is 152 Å². The smallest absolute Gasteiger partial charge is 0.160 e. The van der Waals surface area contributed by atoms with Gasteiger partial charge < -0.3 is 4.57 Å². The number of para-hydroxylation sites is 1. The van der Waals surface area contributed by atoms with Crippen LogP contribution >= 0.6 is 0 Å². The van der Waals surface area contributed by atoms with E-state index in [4.69, 9.17) is 9.97 Å². The van der Waals surface area contributed by atoms with E-state index in [1.807, 2.05) is 12.1 Å². The number of fused-ring (bicyclic) bond motifs is 4. The Balaban J connectivity index is 1.26. The van der Waals surface area contributed by atoms with E-state index in [9.17, 15) is 0 Å². The molecule has 0 saturated carbocycles. The van der Waals surface area contributed by atoms with E-state index in [0.717, 1.165) is 39.2 Å². The summed E-state index contributed by atoms with van der Waals surface area (Å²) in [5.41, 5.74) is 12.6. The Kier molecular flexibility index (Phi) is 5.00. The summed E-state index contributed by atoms with van der Waals surface area (Å²) in [6.45, 7) is 0. The third-order valence-electron chi connectivity index (χ3n) is 9.32. The van der Waals surface area contributed by atoms with Gasteiger partial charge in [-0.3, -0.25) is 0 Å². The van der Waals surface area contributed by atoms with Crippen LogP contribution in [0.2, 0.25) is 0 Å². The first kappa shape index (κ1) is 24.4. The normalized spacial score (nSPS) is 12.0. The van der Waals surface area contributed by atoms with Crippen molar-refractivity contribution in [1.82, 2.24) is 14.5 Å². The highest BCUT2D eigenvalue weighted by Crippen LogP contribution is 2.49. The molecule has 7 aromatic carbocycles. The van der Waals surface area contributed by atoms with Gasteiger partial charge in [0.2, 0.25) is 0 Å². The monoisotopic (exact) mass is 571 g/mol. The Hall–Kier alpha value is -6.06. The van der Waals surface area contributed by atoms with Gasteiger partial charge in [-0.1, -0.05) is 121 Å². The van der Waals surface area contributed by atoms with Crippen molar-refractivity contribution in [2.24, 2.45) is 0 Å². The van der Waals surface area contributed by atoms with E-state index in [1.165, 1.54) is 54.8 Å². The molecular formula is C42H25N3. The standard InChI is InChI=1S/C42H25N3/c1-2-11-27(12-3-1)41-34-18-6-7-21-35(34)43-42(44-41)28-14-8-15-29(25-28)45-36-22-10-20-33-31-17-5-4-16-30(31)32-19-9-13-26-23-24-37(45)40(38(26)32)39(33)36/h1-25H. The van der Waals surface area contributed by atoms with Crippen LogP contribution in [0.25, 0.3) is 94.1 Å². The number of aromatic nitrogens is 3. The first-order chi connectivity index (χ1) is 22.3. The van der Waals surface area contributed by atoms with Crippen molar-refractivity contribution in [2.45, 2.75) is 0 Å². The fourth-order valence-corrected chi connectivity index (χ4v) is 7.41. The van der Waals surface area contributed by atoms with E-state index >= 15 is 0 Å². The molecule has 1 aliphatic rings. The molecule has 2 aromatic heterocycles. The van der Waals surface area contributed by atoms with Crippen LogP contribution in [0.4, 0.5) is 0 Å². The summed E-state index contributed by atoms with van der Waals surface area (Å²) in [6.07, 6.45) is 0. The van der Waals surface area contributed by atoms with Crippen molar-refractivity contribution < 1.29 is 0 Å². The second-order valence-corrected chi connectivity index (χ2v) is 11.8. The van der Waals surface area contributed by atoms with Crippen molar-refractivity contribution in [1.29, 1.82) is 0 Å². The van der Waals surface area contributed by atoms with Crippen LogP contribution in [0.3, 0.4) is 0 Å².